The van der Waals surface area contributed by atoms with Crippen molar-refractivity contribution < 1.29 is 13.2 Å². The van der Waals surface area contributed by atoms with Gasteiger partial charge in [0.05, 0.1) is 4.90 Å². The third-order valence-corrected chi connectivity index (χ3v) is 7.96. The van der Waals surface area contributed by atoms with E-state index in [9.17, 15) is 13.2 Å². The molecule has 0 unspecified atom stereocenters. The standard InChI is InChI=1S/C21H26ClN5O3S/c22-19-7-8-20(25-24-19)26-13-9-16(10-14-26)21(28)23-17-5-4-6-18(15-17)31(29,30)27-11-2-1-3-12-27/h4-8,15-16H,1-3,9-14H2,(H,23,28). The number of aromatic nitrogens is 2. The first-order valence-corrected chi connectivity index (χ1v) is 12.4. The molecule has 3 heterocycles. The van der Waals surface area contributed by atoms with Crippen molar-refractivity contribution in [3.63, 3.8) is 0 Å². The number of nitrogens with one attached hydrogen (secondary N) is 1. The molecule has 0 saturated carbocycles. The van der Waals surface area contributed by atoms with Crippen LogP contribution in [-0.4, -0.2) is 55.0 Å². The van der Waals surface area contributed by atoms with Gasteiger partial charge in [0.1, 0.15) is 0 Å². The summed E-state index contributed by atoms with van der Waals surface area (Å²) in [5.41, 5.74) is 0.508. The summed E-state index contributed by atoms with van der Waals surface area (Å²) in [6, 6.07) is 10.1. The van der Waals surface area contributed by atoms with E-state index in [1.54, 1.807) is 30.3 Å². The highest BCUT2D eigenvalue weighted by molar-refractivity contribution is 7.89. The Hall–Kier alpha value is -2.23. The monoisotopic (exact) mass is 463 g/mol. The molecule has 2 fully saturated rings. The molecule has 0 atom stereocenters. The Kier molecular flexibility index (Phi) is 6.74. The average Bonchev–Trinajstić information content (AvgIpc) is 2.80. The van der Waals surface area contributed by atoms with E-state index >= 15 is 0 Å². The smallest absolute Gasteiger partial charge is 0.243 e. The van der Waals surface area contributed by atoms with Gasteiger partial charge in [-0.05, 0) is 56.0 Å². The van der Waals surface area contributed by atoms with Gasteiger partial charge in [-0.15, -0.1) is 10.2 Å². The summed E-state index contributed by atoms with van der Waals surface area (Å²) in [5.74, 6) is 0.520. The fraction of sp³-hybridized carbons (Fsp3) is 0.476. The second kappa shape index (κ2) is 9.50. The first-order chi connectivity index (χ1) is 14.9. The minimum Gasteiger partial charge on any atom is -0.355 e. The molecular formula is C21H26ClN5O3S. The van der Waals surface area contributed by atoms with Crippen molar-refractivity contribution >= 4 is 39.0 Å². The molecule has 2 aliphatic heterocycles. The van der Waals surface area contributed by atoms with Crippen molar-refractivity contribution in [3.05, 3.63) is 41.6 Å². The lowest BCUT2D eigenvalue weighted by Gasteiger charge is -2.31. The highest BCUT2D eigenvalue weighted by Gasteiger charge is 2.28. The Morgan fingerprint density at radius 2 is 1.74 bits per heavy atom. The number of piperidine rings is 2. The Balaban J connectivity index is 1.37. The fourth-order valence-corrected chi connectivity index (χ4v) is 5.75. The number of anilines is 2. The molecular weight excluding hydrogens is 438 g/mol. The predicted octanol–water partition coefficient (Wildman–Crippen LogP) is 3.16. The first-order valence-electron chi connectivity index (χ1n) is 10.6. The number of carbonyl (C=O) groups is 1. The Morgan fingerprint density at radius 1 is 1.00 bits per heavy atom. The van der Waals surface area contributed by atoms with E-state index in [0.29, 0.717) is 49.9 Å². The Labute approximate surface area is 187 Å². The van der Waals surface area contributed by atoms with Gasteiger partial charge >= 0.3 is 0 Å². The maximum Gasteiger partial charge on any atom is 0.243 e. The minimum absolute atomic E-state index is 0.0886. The quantitative estimate of drug-likeness (QED) is 0.731. The van der Waals surface area contributed by atoms with Gasteiger partial charge in [-0.2, -0.15) is 4.31 Å². The van der Waals surface area contributed by atoms with Crippen LogP contribution < -0.4 is 10.2 Å². The van der Waals surface area contributed by atoms with Crippen LogP contribution >= 0.6 is 11.6 Å². The maximum atomic E-state index is 12.9. The summed E-state index contributed by atoms with van der Waals surface area (Å²) in [6.07, 6.45) is 4.20. The number of hydrogen-bond acceptors (Lipinski definition) is 6. The zero-order valence-electron chi connectivity index (χ0n) is 17.2. The van der Waals surface area contributed by atoms with Gasteiger partial charge in [-0.1, -0.05) is 24.1 Å². The summed E-state index contributed by atoms with van der Waals surface area (Å²) in [7, 11) is -3.53. The topological polar surface area (TPSA) is 95.5 Å². The lowest BCUT2D eigenvalue weighted by atomic mass is 9.96. The van der Waals surface area contributed by atoms with E-state index < -0.39 is 10.0 Å². The largest absolute Gasteiger partial charge is 0.355 e. The third kappa shape index (κ3) is 5.16. The van der Waals surface area contributed by atoms with Crippen molar-refractivity contribution in [2.45, 2.75) is 37.0 Å². The maximum absolute atomic E-state index is 12.9. The van der Waals surface area contributed by atoms with Gasteiger partial charge in [0, 0.05) is 37.8 Å². The molecule has 1 amide bonds. The van der Waals surface area contributed by atoms with Crippen molar-refractivity contribution in [1.29, 1.82) is 0 Å². The van der Waals surface area contributed by atoms with Gasteiger partial charge in [0.2, 0.25) is 15.9 Å². The van der Waals surface area contributed by atoms with Gasteiger partial charge in [-0.25, -0.2) is 8.42 Å². The number of sulfonamides is 1. The molecule has 1 aromatic carbocycles. The van der Waals surface area contributed by atoms with Crippen LogP contribution in [0.2, 0.25) is 5.15 Å². The van der Waals surface area contributed by atoms with Crippen LogP contribution in [-0.2, 0) is 14.8 Å². The molecule has 4 rings (SSSR count). The second-order valence-electron chi connectivity index (χ2n) is 7.96. The highest BCUT2D eigenvalue weighted by Crippen LogP contribution is 2.25. The van der Waals surface area contributed by atoms with E-state index in [1.165, 1.54) is 4.31 Å². The molecule has 0 spiro atoms. The summed E-state index contributed by atoms with van der Waals surface area (Å²) in [6.45, 7) is 2.49. The van der Waals surface area contributed by atoms with Gasteiger partial charge < -0.3 is 10.2 Å². The number of carbonyl (C=O) groups excluding carboxylic acids is 1. The van der Waals surface area contributed by atoms with Crippen LogP contribution in [0.3, 0.4) is 0 Å². The summed E-state index contributed by atoms with van der Waals surface area (Å²) >= 11 is 5.79. The fourth-order valence-electron chi connectivity index (χ4n) is 4.08. The van der Waals surface area contributed by atoms with E-state index in [4.69, 9.17) is 11.6 Å². The SMILES string of the molecule is O=C(Nc1cccc(S(=O)(=O)N2CCCCC2)c1)C1CCN(c2ccc(Cl)nn2)CC1. The normalized spacial score (nSPS) is 18.7. The average molecular weight is 464 g/mol. The molecule has 166 valence electrons. The summed E-state index contributed by atoms with van der Waals surface area (Å²) < 4.78 is 27.3. The summed E-state index contributed by atoms with van der Waals surface area (Å²) in [4.78, 5) is 15.1. The molecule has 10 heteroatoms. The van der Waals surface area contributed by atoms with Crippen LogP contribution in [0.4, 0.5) is 11.5 Å². The molecule has 1 N–H and O–H groups in total. The van der Waals surface area contributed by atoms with Gasteiger partial charge in [0.15, 0.2) is 11.0 Å². The van der Waals surface area contributed by atoms with Crippen LogP contribution in [0.25, 0.3) is 0 Å². The number of halogens is 1. The third-order valence-electron chi connectivity index (χ3n) is 5.86. The second-order valence-corrected chi connectivity index (χ2v) is 10.3. The highest BCUT2D eigenvalue weighted by atomic mass is 35.5. The lowest BCUT2D eigenvalue weighted by Crippen LogP contribution is -2.38. The predicted molar refractivity (Wildman–Crippen MR) is 120 cm³/mol. The molecule has 2 aliphatic rings. The molecule has 31 heavy (non-hydrogen) atoms. The zero-order valence-corrected chi connectivity index (χ0v) is 18.8. The Morgan fingerprint density at radius 3 is 2.42 bits per heavy atom. The van der Waals surface area contributed by atoms with Crippen molar-refractivity contribution in [2.75, 3.05) is 36.4 Å². The zero-order chi connectivity index (χ0) is 21.8. The molecule has 2 aromatic rings. The van der Waals surface area contributed by atoms with E-state index in [0.717, 1.165) is 25.1 Å². The number of nitrogens with zero attached hydrogens (tertiary/aromatic N) is 4. The van der Waals surface area contributed by atoms with Crippen LogP contribution in [0, 0.1) is 5.92 Å². The Bertz CT molecular complexity index is 1020. The lowest BCUT2D eigenvalue weighted by molar-refractivity contribution is -0.120. The number of hydrogen-bond donors (Lipinski definition) is 1. The van der Waals surface area contributed by atoms with Gasteiger partial charge in [-0.3, -0.25) is 4.79 Å². The molecule has 0 bridgehead atoms. The molecule has 0 aliphatic carbocycles. The summed E-state index contributed by atoms with van der Waals surface area (Å²) in [5, 5.41) is 11.2. The number of rotatable bonds is 5. The minimum atomic E-state index is -3.53. The molecule has 8 nitrogen and oxygen atoms in total. The van der Waals surface area contributed by atoms with Crippen molar-refractivity contribution in [1.82, 2.24) is 14.5 Å². The molecule has 0 radical (unpaired) electrons. The van der Waals surface area contributed by atoms with Crippen LogP contribution in [0.1, 0.15) is 32.1 Å². The first kappa shape index (κ1) is 22.0. The van der Waals surface area contributed by atoms with Crippen LogP contribution in [0.5, 0.6) is 0 Å². The van der Waals surface area contributed by atoms with Gasteiger partial charge in [0.25, 0.3) is 0 Å². The van der Waals surface area contributed by atoms with E-state index in [1.807, 2.05) is 6.07 Å². The molecule has 1 aromatic heterocycles. The van der Waals surface area contributed by atoms with E-state index in [2.05, 4.69) is 20.4 Å². The van der Waals surface area contributed by atoms with Crippen molar-refractivity contribution in [2.24, 2.45) is 5.92 Å². The number of amides is 1. The molecule has 2 saturated heterocycles. The van der Waals surface area contributed by atoms with Crippen LogP contribution in [0.15, 0.2) is 41.3 Å². The van der Waals surface area contributed by atoms with Crippen molar-refractivity contribution in [3.8, 4) is 0 Å². The van der Waals surface area contributed by atoms with E-state index in [-0.39, 0.29) is 16.7 Å². The number of benzene rings is 1.